The zero-order chi connectivity index (χ0) is 25.6. The van der Waals surface area contributed by atoms with Gasteiger partial charge < -0.3 is 0 Å². The van der Waals surface area contributed by atoms with Gasteiger partial charge in [0.1, 0.15) is 0 Å². The number of hydrogen-bond donors (Lipinski definition) is 0. The Labute approximate surface area is 215 Å². The van der Waals surface area contributed by atoms with Crippen molar-refractivity contribution in [3.8, 4) is 0 Å². The van der Waals surface area contributed by atoms with Gasteiger partial charge in [-0.25, -0.2) is 0 Å². The fourth-order valence-corrected chi connectivity index (χ4v) is 103. The van der Waals surface area contributed by atoms with Crippen LogP contribution < -0.4 is 0 Å². The zero-order valence-electron chi connectivity index (χ0n) is 20.0. The first-order valence-electron chi connectivity index (χ1n) is 10.7. The van der Waals surface area contributed by atoms with Crippen molar-refractivity contribution in [1.82, 2.24) is 0 Å². The Morgan fingerprint density at radius 1 is 0.515 bits per heavy atom. The van der Waals surface area contributed by atoms with E-state index in [2.05, 4.69) is 0 Å². The molecule has 1 fully saturated rings. The first-order valence-corrected chi connectivity index (χ1v) is 32.7. The third-order valence-corrected chi connectivity index (χ3v) is 69.6. The molecule has 1 heterocycles. The molecule has 1 aliphatic rings. The number of hydrogen-bond acceptors (Lipinski definition) is 12. The van der Waals surface area contributed by atoms with Crippen LogP contribution in [0.3, 0.4) is 0 Å². The van der Waals surface area contributed by atoms with E-state index < -0.39 is 89.2 Å². The van der Waals surface area contributed by atoms with Gasteiger partial charge in [-0.05, 0) is 0 Å². The van der Waals surface area contributed by atoms with Gasteiger partial charge in [-0.3, -0.25) is 0 Å². The third kappa shape index (κ3) is 12.4. The van der Waals surface area contributed by atoms with Crippen LogP contribution in [0.1, 0.15) is 59.3 Å². The van der Waals surface area contributed by atoms with E-state index in [9.17, 15) is 25.3 Å². The summed E-state index contributed by atoms with van der Waals surface area (Å²) in [5.41, 5.74) is 0. The Bertz CT molecular complexity index is 822. The normalized spacial score (nSPS) is 29.3. The summed E-state index contributed by atoms with van der Waals surface area (Å²) in [6, 6.07) is 0. The van der Waals surface area contributed by atoms with Crippen LogP contribution in [0, 0.1) is 0 Å². The molecule has 0 aliphatic carbocycles. The fraction of sp³-hybridized carbons (Fsp3) is 1.00. The average Bonchev–Trinajstić information content (AvgIpc) is 2.58. The molecule has 1 aliphatic heterocycles. The van der Waals surface area contributed by atoms with E-state index >= 15 is 0 Å². The molecule has 12 nitrogen and oxygen atoms in total. The van der Waals surface area contributed by atoms with E-state index in [1.807, 2.05) is 20.8 Å². The van der Waals surface area contributed by atoms with E-state index in [1.54, 1.807) is 0 Å². The molecular formula is C15H36O12S3Sn3. The summed E-state index contributed by atoms with van der Waals surface area (Å²) in [5.74, 6) is 0. The summed E-state index contributed by atoms with van der Waals surface area (Å²) in [5, 5.41) is 0. The van der Waals surface area contributed by atoms with Gasteiger partial charge in [0.25, 0.3) is 0 Å². The first kappa shape index (κ1) is 33.0. The molecule has 0 atom stereocenters. The Morgan fingerprint density at radius 3 is 0.879 bits per heavy atom. The summed E-state index contributed by atoms with van der Waals surface area (Å²) in [6.45, 7) is 5.63. The Kier molecular flexibility index (Phi) is 13.2. The van der Waals surface area contributed by atoms with Gasteiger partial charge in [-0.15, -0.1) is 0 Å². The van der Waals surface area contributed by atoms with Gasteiger partial charge in [0.05, 0.1) is 0 Å². The molecule has 18 heteroatoms. The second-order valence-corrected chi connectivity index (χ2v) is 46.5. The van der Waals surface area contributed by atoms with Gasteiger partial charge in [0.2, 0.25) is 0 Å². The molecule has 1 rings (SSSR count). The summed E-state index contributed by atoms with van der Waals surface area (Å²) in [6.07, 6.45) is 5.89. The molecule has 0 saturated carbocycles. The van der Waals surface area contributed by atoms with Crippen molar-refractivity contribution in [3.63, 3.8) is 0 Å². The van der Waals surface area contributed by atoms with Gasteiger partial charge in [0, 0.05) is 0 Å². The van der Waals surface area contributed by atoms with Crippen LogP contribution in [-0.4, -0.2) is 103 Å². The number of rotatable bonds is 15. The molecule has 0 spiro atoms. The topological polar surface area (TPSA) is 158 Å². The van der Waals surface area contributed by atoms with E-state index in [4.69, 9.17) is 11.8 Å². The summed E-state index contributed by atoms with van der Waals surface area (Å²) in [4.78, 5) is 0. The summed E-state index contributed by atoms with van der Waals surface area (Å²) >= 11 is -15.6. The van der Waals surface area contributed by atoms with Crippen molar-refractivity contribution in [2.24, 2.45) is 0 Å². The monoisotopic (exact) mass is 864 g/mol. The van der Waals surface area contributed by atoms with Gasteiger partial charge in [-0.2, -0.15) is 0 Å². The van der Waals surface area contributed by atoms with Crippen LogP contribution in [0.5, 0.6) is 0 Å². The van der Waals surface area contributed by atoms with Crippen LogP contribution in [0.15, 0.2) is 0 Å². The van der Waals surface area contributed by atoms with Crippen LogP contribution >= 0.6 is 0 Å². The molecular weight excluding hydrogens is 824 g/mol. The molecule has 0 N–H and O–H groups in total. The minimum absolute atomic E-state index is 0.0947. The molecule has 0 bridgehead atoms. The SMILES string of the molecule is CCC[CH2][Sn]1([O]S(C)(=O)=O)[O][Sn]([CH2]CCC)([O]S(C)(=O)=O)[O][Sn]([CH2]CCC)([O]S(C)(=O)=O)[O]1. The van der Waals surface area contributed by atoms with Gasteiger partial charge in [-0.1, -0.05) is 0 Å². The maximum absolute atomic E-state index is 12.2. The van der Waals surface area contributed by atoms with E-state index in [0.29, 0.717) is 38.5 Å². The van der Waals surface area contributed by atoms with Crippen molar-refractivity contribution >= 4 is 89.2 Å². The van der Waals surface area contributed by atoms with E-state index in [-0.39, 0.29) is 13.3 Å². The summed E-state index contributed by atoms with van der Waals surface area (Å²) in [7, 11) is -12.3. The molecule has 33 heavy (non-hydrogen) atoms. The van der Waals surface area contributed by atoms with Crippen molar-refractivity contribution in [1.29, 1.82) is 0 Å². The molecule has 0 unspecified atom stereocenters. The Balaban J connectivity index is 3.82. The predicted octanol–water partition coefficient (Wildman–Crippen LogP) is 2.20. The molecule has 198 valence electrons. The van der Waals surface area contributed by atoms with Gasteiger partial charge >= 0.3 is 218 Å². The molecule has 0 radical (unpaired) electrons. The summed E-state index contributed by atoms with van der Waals surface area (Å²) < 4.78 is 109. The van der Waals surface area contributed by atoms with Gasteiger partial charge in [0.15, 0.2) is 0 Å². The predicted molar refractivity (Wildman–Crippen MR) is 127 cm³/mol. The second kappa shape index (κ2) is 13.2. The third-order valence-electron chi connectivity index (χ3n) is 4.28. The molecule has 0 aromatic carbocycles. The quantitative estimate of drug-likeness (QED) is 0.222. The van der Waals surface area contributed by atoms with Crippen LogP contribution in [-0.2, 0) is 42.1 Å². The second-order valence-electron chi connectivity index (χ2n) is 8.03. The molecule has 1 saturated heterocycles. The van der Waals surface area contributed by atoms with Crippen LogP contribution in [0.2, 0.25) is 13.3 Å². The van der Waals surface area contributed by atoms with E-state index in [1.165, 1.54) is 0 Å². The maximum atomic E-state index is 12.2. The van der Waals surface area contributed by atoms with Crippen molar-refractivity contribution < 1.29 is 37.0 Å². The molecule has 0 amide bonds. The van der Waals surface area contributed by atoms with Crippen LogP contribution in [0.25, 0.3) is 0 Å². The molecule has 0 aromatic heterocycles. The molecule has 0 aromatic rings. The average molecular weight is 861 g/mol. The van der Waals surface area contributed by atoms with Crippen molar-refractivity contribution in [2.75, 3.05) is 18.8 Å². The first-order chi connectivity index (χ1) is 14.9. The minimum atomic E-state index is -5.20. The fourth-order valence-electron chi connectivity index (χ4n) is 3.18. The number of unbranched alkanes of at least 4 members (excludes halogenated alkanes) is 3. The standard InChI is InChI=1S/3C4H9.3CH4O3S.3O.3Sn/c3*1-3-4-2;3*1-5(2,3)4;;;;;;/h3*1,3-4H2,2H3;3*1H3,(H,2,3,4);;;;;;/q;;;;;;;;;3*+1/p-3. The van der Waals surface area contributed by atoms with E-state index in [0.717, 1.165) is 18.8 Å². The van der Waals surface area contributed by atoms with Crippen molar-refractivity contribution in [2.45, 2.75) is 72.6 Å². The zero-order valence-corrected chi connectivity index (χ0v) is 31.0. The Hall–Kier alpha value is 2.01. The van der Waals surface area contributed by atoms with Crippen LogP contribution in [0.4, 0.5) is 0 Å². The Morgan fingerprint density at radius 2 is 0.727 bits per heavy atom. The van der Waals surface area contributed by atoms with Crippen molar-refractivity contribution in [3.05, 3.63) is 0 Å².